The molecular weight excluding hydrogens is 249 g/mol. The Morgan fingerprint density at radius 3 is 1.73 bits per heavy atom. The van der Waals surface area contributed by atoms with Crippen LogP contribution in [0.15, 0.2) is 35.4 Å². The summed E-state index contributed by atoms with van der Waals surface area (Å²) < 4.78 is 80.8. The molecule has 15 heavy (non-hydrogen) atoms. The molecule has 1 unspecified atom stereocenters. The molecule has 0 spiro atoms. The molecule has 0 aromatic heterocycles. The van der Waals surface area contributed by atoms with Crippen LogP contribution < -0.4 is 0 Å². The molecule has 1 N–H and O–H groups in total. The third-order valence-electron chi connectivity index (χ3n) is 1.06. The number of hydrogen-bond donors (Lipinski definition) is 1. The minimum absolute atomic E-state index is 0.629. The van der Waals surface area contributed by atoms with Gasteiger partial charge in [-0.1, -0.05) is 0 Å². The summed E-state index contributed by atoms with van der Waals surface area (Å²) in [5.74, 6) is -0.694. The van der Waals surface area contributed by atoms with Crippen molar-refractivity contribution in [1.29, 1.82) is 0 Å². The van der Waals surface area contributed by atoms with E-state index in [-0.39, 0.29) is 0 Å². The minimum atomic E-state index is -5.31. The lowest BCUT2D eigenvalue weighted by molar-refractivity contribution is 0.402. The van der Waals surface area contributed by atoms with Gasteiger partial charge < -0.3 is 4.89 Å². The number of halogens is 6. The van der Waals surface area contributed by atoms with Gasteiger partial charge >= 0.3 is 0 Å². The van der Waals surface area contributed by atoms with Crippen LogP contribution in [0.5, 0.6) is 0 Å². The summed E-state index contributed by atoms with van der Waals surface area (Å²) in [5, 5.41) is -2.02. The van der Waals surface area contributed by atoms with E-state index < -0.39 is 42.8 Å². The van der Waals surface area contributed by atoms with Crippen LogP contribution in [0.3, 0.4) is 0 Å². The number of rotatable bonds is 3. The van der Waals surface area contributed by atoms with Gasteiger partial charge in [-0.15, -0.1) is 0 Å². The third-order valence-corrected chi connectivity index (χ3v) is 2.59. The van der Waals surface area contributed by atoms with E-state index in [2.05, 4.69) is 0 Å². The normalized spacial score (nSPS) is 13.8. The van der Waals surface area contributed by atoms with Crippen molar-refractivity contribution in [1.82, 2.24) is 0 Å². The minimum Gasteiger partial charge on any atom is -0.338 e. The van der Waals surface area contributed by atoms with Crippen LogP contribution in [0.4, 0.5) is 26.3 Å². The maximum atomic E-state index is 11.9. The summed E-state index contributed by atoms with van der Waals surface area (Å²) in [6.07, 6.45) is -8.96. The molecule has 1 atom stereocenters. The molecule has 0 saturated heterocycles. The fraction of sp³-hybridized carbons (Fsp3) is 0. The van der Waals surface area contributed by atoms with Gasteiger partial charge in [0, 0.05) is 6.08 Å². The highest BCUT2D eigenvalue weighted by Gasteiger charge is 2.27. The third kappa shape index (κ3) is 4.85. The van der Waals surface area contributed by atoms with Crippen molar-refractivity contribution in [2.24, 2.45) is 0 Å². The quantitative estimate of drug-likeness (QED) is 0.470. The highest BCUT2D eigenvalue weighted by molar-refractivity contribution is 7.65. The SMILES string of the molecule is O=P(O)(C=C(F)F)C(C=C(F)F)=C(F)F. The van der Waals surface area contributed by atoms with Crippen LogP contribution >= 0.6 is 7.37 Å². The summed E-state index contributed by atoms with van der Waals surface area (Å²) in [6, 6.07) is 0. The zero-order valence-corrected chi connectivity index (χ0v) is 7.62. The molecule has 9 heteroatoms. The van der Waals surface area contributed by atoms with Gasteiger partial charge in [-0.05, 0) is 0 Å². The average molecular weight is 252 g/mol. The molecule has 0 fully saturated rings. The maximum absolute atomic E-state index is 11.9. The molecule has 0 radical (unpaired) electrons. The van der Waals surface area contributed by atoms with Gasteiger partial charge in [0.2, 0.25) is 0 Å². The second-order valence-corrected chi connectivity index (χ2v) is 4.11. The predicted octanol–water partition coefficient (Wildman–Crippen LogP) is 3.88. The molecule has 0 aromatic carbocycles. The predicted molar refractivity (Wildman–Crippen MR) is 39.7 cm³/mol. The topological polar surface area (TPSA) is 37.3 Å². The molecule has 0 aliphatic rings. The average Bonchev–Trinajstić information content (AvgIpc) is 1.96. The van der Waals surface area contributed by atoms with E-state index in [0.29, 0.717) is 0 Å². The monoisotopic (exact) mass is 252 g/mol. The molecular formula is C6H3F6O2P. The molecule has 0 rings (SSSR count). The standard InChI is InChI=1S/C6H3F6O2P/c7-4(8)1-3(6(11)12)15(13,14)2-5(9)10/h1-2H,(H,13,14). The summed E-state index contributed by atoms with van der Waals surface area (Å²) in [6.45, 7) is 0. The van der Waals surface area contributed by atoms with Crippen molar-refractivity contribution in [2.45, 2.75) is 0 Å². The van der Waals surface area contributed by atoms with Crippen LogP contribution in [-0.2, 0) is 4.57 Å². The highest BCUT2D eigenvalue weighted by Crippen LogP contribution is 2.55. The van der Waals surface area contributed by atoms with Crippen molar-refractivity contribution in [3.63, 3.8) is 0 Å². The van der Waals surface area contributed by atoms with Gasteiger partial charge in [-0.25, -0.2) is 0 Å². The van der Waals surface area contributed by atoms with Crippen LogP contribution in [0.25, 0.3) is 0 Å². The van der Waals surface area contributed by atoms with Crippen molar-refractivity contribution in [3.05, 3.63) is 35.4 Å². The molecule has 0 aliphatic carbocycles. The van der Waals surface area contributed by atoms with Crippen LogP contribution in [0.1, 0.15) is 0 Å². The highest BCUT2D eigenvalue weighted by atomic mass is 31.2. The zero-order valence-electron chi connectivity index (χ0n) is 6.73. The van der Waals surface area contributed by atoms with Gasteiger partial charge in [0.25, 0.3) is 25.6 Å². The molecule has 2 nitrogen and oxygen atoms in total. The van der Waals surface area contributed by atoms with E-state index in [9.17, 15) is 30.9 Å². The van der Waals surface area contributed by atoms with Crippen molar-refractivity contribution < 1.29 is 35.8 Å². The van der Waals surface area contributed by atoms with Crippen LogP contribution in [0, 0.1) is 0 Å². The first kappa shape index (κ1) is 14.0. The van der Waals surface area contributed by atoms with Gasteiger partial charge in [0.15, 0.2) is 0 Å². The van der Waals surface area contributed by atoms with Gasteiger partial charge in [-0.3, -0.25) is 4.57 Å². The summed E-state index contributed by atoms with van der Waals surface area (Å²) in [7, 11) is -5.31. The Kier molecular flexibility index (Phi) is 4.83. The molecule has 0 bridgehead atoms. The Balaban J connectivity index is 5.52. The summed E-state index contributed by atoms with van der Waals surface area (Å²) >= 11 is 0. The lowest BCUT2D eigenvalue weighted by Gasteiger charge is -2.05. The van der Waals surface area contributed by atoms with E-state index >= 15 is 0 Å². The van der Waals surface area contributed by atoms with E-state index in [1.165, 1.54) is 0 Å². The van der Waals surface area contributed by atoms with Crippen molar-refractivity contribution in [2.75, 3.05) is 0 Å². The Hall–Kier alpha value is -1.01. The lowest BCUT2D eigenvalue weighted by Crippen LogP contribution is -1.84. The Morgan fingerprint density at radius 2 is 1.47 bits per heavy atom. The van der Waals surface area contributed by atoms with E-state index in [1.807, 2.05) is 0 Å². The fourth-order valence-corrected chi connectivity index (χ4v) is 1.50. The first-order valence-electron chi connectivity index (χ1n) is 3.11. The maximum Gasteiger partial charge on any atom is 0.283 e. The Labute approximate surface area is 79.7 Å². The van der Waals surface area contributed by atoms with Gasteiger partial charge in [0.1, 0.15) is 5.31 Å². The number of hydrogen-bond acceptors (Lipinski definition) is 1. The zero-order chi connectivity index (χ0) is 12.2. The second kappa shape index (κ2) is 5.18. The van der Waals surface area contributed by atoms with Gasteiger partial charge in [-0.2, -0.15) is 26.3 Å². The molecule has 0 heterocycles. The van der Waals surface area contributed by atoms with E-state index in [0.717, 1.165) is 0 Å². The molecule has 0 amide bonds. The lowest BCUT2D eigenvalue weighted by atomic mass is 10.6. The van der Waals surface area contributed by atoms with Crippen LogP contribution in [0.2, 0.25) is 0 Å². The molecule has 0 saturated carbocycles. The first-order chi connectivity index (χ1) is 6.66. The van der Waals surface area contributed by atoms with Gasteiger partial charge in [0.05, 0.1) is 5.82 Å². The Morgan fingerprint density at radius 1 is 1.00 bits per heavy atom. The van der Waals surface area contributed by atoms with E-state index in [1.54, 1.807) is 0 Å². The molecule has 0 aliphatic heterocycles. The summed E-state index contributed by atoms with van der Waals surface area (Å²) in [5.41, 5.74) is 0. The molecule has 0 aromatic rings. The second-order valence-electron chi connectivity index (χ2n) is 2.12. The Bertz CT molecular complexity index is 373. The van der Waals surface area contributed by atoms with Crippen molar-refractivity contribution in [3.8, 4) is 0 Å². The first-order valence-corrected chi connectivity index (χ1v) is 4.84. The van der Waals surface area contributed by atoms with Crippen molar-refractivity contribution >= 4 is 7.37 Å². The van der Waals surface area contributed by atoms with E-state index in [4.69, 9.17) is 4.89 Å². The van der Waals surface area contributed by atoms with Crippen LogP contribution in [-0.4, -0.2) is 4.89 Å². The number of allylic oxidation sites excluding steroid dienone is 2. The largest absolute Gasteiger partial charge is 0.338 e. The smallest absolute Gasteiger partial charge is 0.283 e. The fourth-order valence-electron chi connectivity index (χ4n) is 0.573. The molecule has 86 valence electrons. The summed E-state index contributed by atoms with van der Waals surface area (Å²) in [4.78, 5) is 8.65.